The summed E-state index contributed by atoms with van der Waals surface area (Å²) in [6.45, 7) is 0.747. The monoisotopic (exact) mass is 344 g/mol. The Kier molecular flexibility index (Phi) is 3.97. The van der Waals surface area contributed by atoms with Crippen LogP contribution in [0.2, 0.25) is 0 Å². The number of nitrogens with zero attached hydrogens (tertiary/aromatic N) is 1. The first kappa shape index (κ1) is 14.1. The van der Waals surface area contributed by atoms with E-state index in [0.29, 0.717) is 15.7 Å². The van der Waals surface area contributed by atoms with E-state index in [1.165, 1.54) is 5.56 Å². The van der Waals surface area contributed by atoms with E-state index in [1.807, 2.05) is 35.2 Å². The second kappa shape index (κ2) is 5.90. The molecule has 1 aliphatic heterocycles. The Morgan fingerprint density at radius 3 is 2.76 bits per heavy atom. The zero-order valence-electron chi connectivity index (χ0n) is 11.7. The van der Waals surface area contributed by atoms with Crippen molar-refractivity contribution in [3.8, 4) is 0 Å². The topological polar surface area (TPSA) is 46.3 Å². The first-order valence-corrected chi connectivity index (χ1v) is 7.91. The molecular weight excluding hydrogens is 328 g/mol. The van der Waals surface area contributed by atoms with Crippen LogP contribution in [-0.2, 0) is 6.42 Å². The fourth-order valence-electron chi connectivity index (χ4n) is 2.76. The van der Waals surface area contributed by atoms with Gasteiger partial charge in [0.1, 0.15) is 0 Å². The maximum atomic E-state index is 12.9. The highest BCUT2D eigenvalue weighted by molar-refractivity contribution is 9.10. The lowest BCUT2D eigenvalue weighted by atomic mass is 10.1. The summed E-state index contributed by atoms with van der Waals surface area (Å²) in [7, 11) is 0. The number of aryl methyl sites for hydroxylation is 1. The lowest BCUT2D eigenvalue weighted by Gasteiger charge is -2.23. The second-order valence-electron chi connectivity index (χ2n) is 5.25. The third kappa shape index (κ3) is 2.68. The van der Waals surface area contributed by atoms with Crippen molar-refractivity contribution >= 4 is 33.2 Å². The van der Waals surface area contributed by atoms with Crippen LogP contribution < -0.4 is 10.6 Å². The van der Waals surface area contributed by atoms with Gasteiger partial charge in [-0.1, -0.05) is 24.3 Å². The van der Waals surface area contributed by atoms with Crippen molar-refractivity contribution in [2.75, 3.05) is 17.2 Å². The Labute approximate surface area is 132 Å². The SMILES string of the molecule is Nc1cccc(C(=O)N2CCCCc3ccccc32)c1Br. The Hall–Kier alpha value is -1.81. The number of amides is 1. The molecule has 0 atom stereocenters. The van der Waals surface area contributed by atoms with E-state index in [-0.39, 0.29) is 5.91 Å². The summed E-state index contributed by atoms with van der Waals surface area (Å²) < 4.78 is 0.678. The van der Waals surface area contributed by atoms with Crippen LogP contribution in [0, 0.1) is 0 Å². The van der Waals surface area contributed by atoms with Crippen LogP contribution in [0.1, 0.15) is 28.8 Å². The van der Waals surface area contributed by atoms with Crippen LogP contribution >= 0.6 is 15.9 Å². The molecule has 0 spiro atoms. The minimum atomic E-state index is 0.00326. The summed E-state index contributed by atoms with van der Waals surface area (Å²) in [4.78, 5) is 14.8. The Balaban J connectivity index is 2.03. The van der Waals surface area contributed by atoms with Gasteiger partial charge in [-0.15, -0.1) is 0 Å². The minimum absolute atomic E-state index is 0.00326. The zero-order valence-corrected chi connectivity index (χ0v) is 13.3. The first-order chi connectivity index (χ1) is 10.2. The number of carbonyl (C=O) groups excluding carboxylic acids is 1. The lowest BCUT2D eigenvalue weighted by Crippen LogP contribution is -2.32. The number of anilines is 2. The normalized spacial score (nSPS) is 14.4. The average molecular weight is 345 g/mol. The van der Waals surface area contributed by atoms with Gasteiger partial charge in [-0.2, -0.15) is 0 Å². The molecule has 4 heteroatoms. The number of nitrogens with two attached hydrogens (primary N) is 1. The molecule has 2 aromatic carbocycles. The molecule has 0 saturated heterocycles. The molecule has 0 fully saturated rings. The number of fused-ring (bicyclic) bond motifs is 1. The highest BCUT2D eigenvalue weighted by atomic mass is 79.9. The molecule has 3 rings (SSSR count). The minimum Gasteiger partial charge on any atom is -0.398 e. The van der Waals surface area contributed by atoms with Crippen molar-refractivity contribution in [1.29, 1.82) is 0 Å². The number of rotatable bonds is 1. The smallest absolute Gasteiger partial charge is 0.259 e. The predicted molar refractivity (Wildman–Crippen MR) is 89.6 cm³/mol. The molecule has 108 valence electrons. The predicted octanol–water partition coefficient (Wildman–Crippen LogP) is 4.01. The van der Waals surface area contributed by atoms with Crippen molar-refractivity contribution in [3.63, 3.8) is 0 Å². The van der Waals surface area contributed by atoms with E-state index in [2.05, 4.69) is 22.0 Å². The fourth-order valence-corrected chi connectivity index (χ4v) is 3.20. The van der Waals surface area contributed by atoms with Crippen molar-refractivity contribution < 1.29 is 4.79 Å². The molecule has 2 N–H and O–H groups in total. The number of halogens is 1. The van der Waals surface area contributed by atoms with E-state index in [4.69, 9.17) is 5.73 Å². The maximum Gasteiger partial charge on any atom is 0.259 e. The standard InChI is InChI=1S/C17H17BrN2O/c18-16-13(8-5-9-14(16)19)17(21)20-11-4-3-7-12-6-1-2-10-15(12)20/h1-2,5-6,8-10H,3-4,7,11,19H2. The van der Waals surface area contributed by atoms with Gasteiger partial charge >= 0.3 is 0 Å². The van der Waals surface area contributed by atoms with Gasteiger partial charge in [-0.3, -0.25) is 4.79 Å². The highest BCUT2D eigenvalue weighted by Crippen LogP contribution is 2.30. The van der Waals surface area contributed by atoms with Gasteiger partial charge in [0.25, 0.3) is 5.91 Å². The molecule has 1 amide bonds. The number of hydrogen-bond donors (Lipinski definition) is 1. The number of carbonyl (C=O) groups is 1. The summed E-state index contributed by atoms with van der Waals surface area (Å²) in [6, 6.07) is 13.6. The van der Waals surface area contributed by atoms with Crippen molar-refractivity contribution in [2.45, 2.75) is 19.3 Å². The molecule has 1 heterocycles. The molecule has 0 radical (unpaired) electrons. The second-order valence-corrected chi connectivity index (χ2v) is 6.04. The van der Waals surface area contributed by atoms with E-state index in [1.54, 1.807) is 6.07 Å². The molecule has 0 aliphatic carbocycles. The summed E-state index contributed by atoms with van der Waals surface area (Å²) in [5.74, 6) is 0.00326. The molecule has 0 bridgehead atoms. The molecule has 1 aliphatic rings. The van der Waals surface area contributed by atoms with Gasteiger partial charge in [0.15, 0.2) is 0 Å². The number of nitrogen functional groups attached to an aromatic ring is 1. The summed E-state index contributed by atoms with van der Waals surface area (Å²) >= 11 is 3.43. The van der Waals surface area contributed by atoms with Gasteiger partial charge in [0.2, 0.25) is 0 Å². The van der Waals surface area contributed by atoms with Gasteiger partial charge in [-0.25, -0.2) is 0 Å². The molecule has 21 heavy (non-hydrogen) atoms. The van der Waals surface area contributed by atoms with E-state index >= 15 is 0 Å². The summed E-state index contributed by atoms with van der Waals surface area (Å²) in [5.41, 5.74) is 9.36. The van der Waals surface area contributed by atoms with Crippen LogP contribution in [0.15, 0.2) is 46.9 Å². The maximum absolute atomic E-state index is 12.9. The highest BCUT2D eigenvalue weighted by Gasteiger charge is 2.23. The molecule has 0 aromatic heterocycles. The number of para-hydroxylation sites is 1. The van der Waals surface area contributed by atoms with E-state index < -0.39 is 0 Å². The molecule has 0 unspecified atom stereocenters. The molecule has 0 saturated carbocycles. The van der Waals surface area contributed by atoms with Crippen molar-refractivity contribution in [3.05, 3.63) is 58.1 Å². The van der Waals surface area contributed by atoms with Crippen molar-refractivity contribution in [2.24, 2.45) is 0 Å². The van der Waals surface area contributed by atoms with Gasteiger partial charge in [0, 0.05) is 17.9 Å². The quantitative estimate of drug-likeness (QED) is 0.794. The van der Waals surface area contributed by atoms with Crippen LogP contribution in [0.5, 0.6) is 0 Å². The Bertz CT molecular complexity index is 684. The fraction of sp³-hybridized carbons (Fsp3) is 0.235. The summed E-state index contributed by atoms with van der Waals surface area (Å²) in [6.07, 6.45) is 3.15. The largest absolute Gasteiger partial charge is 0.398 e. The third-order valence-electron chi connectivity index (χ3n) is 3.86. The Morgan fingerprint density at radius 2 is 1.90 bits per heavy atom. The zero-order chi connectivity index (χ0) is 14.8. The molecule has 3 nitrogen and oxygen atoms in total. The average Bonchev–Trinajstić information content (AvgIpc) is 2.72. The molecular formula is C17H17BrN2O. The molecule has 2 aromatic rings. The summed E-state index contributed by atoms with van der Waals surface area (Å²) in [5, 5.41) is 0. The van der Waals surface area contributed by atoms with Gasteiger partial charge < -0.3 is 10.6 Å². The van der Waals surface area contributed by atoms with Crippen LogP contribution in [0.4, 0.5) is 11.4 Å². The first-order valence-electron chi connectivity index (χ1n) is 7.12. The van der Waals surface area contributed by atoms with Crippen LogP contribution in [-0.4, -0.2) is 12.5 Å². The van der Waals surface area contributed by atoms with E-state index in [0.717, 1.165) is 31.5 Å². The van der Waals surface area contributed by atoms with Crippen molar-refractivity contribution in [1.82, 2.24) is 0 Å². The number of benzene rings is 2. The number of hydrogen-bond acceptors (Lipinski definition) is 2. The lowest BCUT2D eigenvalue weighted by molar-refractivity contribution is 0.0986. The van der Waals surface area contributed by atoms with Gasteiger partial charge in [0.05, 0.1) is 10.0 Å². The van der Waals surface area contributed by atoms with Gasteiger partial charge in [-0.05, 0) is 59.0 Å². The third-order valence-corrected chi connectivity index (χ3v) is 4.75. The van der Waals surface area contributed by atoms with E-state index in [9.17, 15) is 4.79 Å². The van der Waals surface area contributed by atoms with Crippen LogP contribution in [0.3, 0.4) is 0 Å². The van der Waals surface area contributed by atoms with Crippen LogP contribution in [0.25, 0.3) is 0 Å². The Morgan fingerprint density at radius 1 is 1.10 bits per heavy atom.